The molecule has 0 radical (unpaired) electrons. The van der Waals surface area contributed by atoms with E-state index in [0.29, 0.717) is 17.5 Å². The predicted molar refractivity (Wildman–Crippen MR) is 253 cm³/mol. The molecule has 4 nitrogen and oxygen atoms in total. The number of benzene rings is 9. The van der Waals surface area contributed by atoms with Crippen molar-refractivity contribution in [2.24, 2.45) is 0 Å². The maximum absolute atomic E-state index is 5.36. The number of nitrogens with zero attached hydrogens (tertiary/aromatic N) is 4. The zero-order valence-electron chi connectivity index (χ0n) is 33.7. The molecule has 9 aromatic carbocycles. The van der Waals surface area contributed by atoms with Crippen molar-refractivity contribution in [1.82, 2.24) is 15.0 Å². The average molecular weight is 791 g/mol. The van der Waals surface area contributed by atoms with Crippen LogP contribution in [0.5, 0.6) is 0 Å². The van der Waals surface area contributed by atoms with Gasteiger partial charge in [-0.05, 0) is 79.9 Å². The number of para-hydroxylation sites is 3. The fourth-order valence-electron chi connectivity index (χ4n) is 9.84. The second-order valence-corrected chi connectivity index (χ2v) is 15.9. The van der Waals surface area contributed by atoms with Crippen molar-refractivity contribution >= 4 is 17.1 Å². The van der Waals surface area contributed by atoms with Crippen LogP contribution in [0, 0.1) is 0 Å². The van der Waals surface area contributed by atoms with Gasteiger partial charge >= 0.3 is 0 Å². The van der Waals surface area contributed by atoms with Gasteiger partial charge in [-0.25, -0.2) is 15.0 Å². The van der Waals surface area contributed by atoms with E-state index >= 15 is 0 Å². The minimum Gasteiger partial charge on any atom is -0.310 e. The molecular weight excluding hydrogens is 753 g/mol. The maximum Gasteiger partial charge on any atom is 0.164 e. The first-order valence-corrected chi connectivity index (χ1v) is 21.1. The Hall–Kier alpha value is -8.21. The molecule has 0 unspecified atom stereocenters. The van der Waals surface area contributed by atoms with Gasteiger partial charge in [-0.15, -0.1) is 0 Å². The number of rotatable bonds is 6. The summed E-state index contributed by atoms with van der Waals surface area (Å²) in [6.07, 6.45) is 0. The second kappa shape index (κ2) is 14.5. The first-order valence-electron chi connectivity index (χ1n) is 21.1. The molecule has 0 bridgehead atoms. The summed E-state index contributed by atoms with van der Waals surface area (Å²) >= 11 is 0. The van der Waals surface area contributed by atoms with Crippen molar-refractivity contribution < 1.29 is 0 Å². The van der Waals surface area contributed by atoms with Crippen LogP contribution in [0.15, 0.2) is 231 Å². The number of fused-ring (bicyclic) bond motifs is 9. The highest BCUT2D eigenvalue weighted by atomic mass is 15.2. The third-order valence-corrected chi connectivity index (χ3v) is 12.6. The van der Waals surface area contributed by atoms with E-state index in [9.17, 15) is 0 Å². The fourth-order valence-corrected chi connectivity index (χ4v) is 9.84. The summed E-state index contributed by atoms with van der Waals surface area (Å²) in [6, 6.07) is 82.2. The van der Waals surface area contributed by atoms with Crippen LogP contribution >= 0.6 is 0 Å². The highest BCUT2D eigenvalue weighted by Crippen LogP contribution is 2.64. The second-order valence-electron chi connectivity index (χ2n) is 15.9. The molecule has 10 aromatic rings. The lowest BCUT2D eigenvalue weighted by molar-refractivity contribution is 0.752. The average Bonchev–Trinajstić information content (AvgIpc) is 3.66. The van der Waals surface area contributed by atoms with Crippen LogP contribution in [-0.2, 0) is 5.41 Å². The van der Waals surface area contributed by atoms with Crippen LogP contribution in [0.3, 0.4) is 0 Å². The Balaban J connectivity index is 1.08. The quantitative estimate of drug-likeness (QED) is 0.168. The number of aromatic nitrogens is 3. The third-order valence-electron chi connectivity index (χ3n) is 12.6. The highest BCUT2D eigenvalue weighted by Gasteiger charge is 2.52. The van der Waals surface area contributed by atoms with E-state index in [2.05, 4.69) is 223 Å². The Morgan fingerprint density at radius 1 is 0.274 bits per heavy atom. The van der Waals surface area contributed by atoms with Gasteiger partial charge in [0.05, 0.1) is 16.8 Å². The molecule has 0 saturated heterocycles. The number of hydrogen-bond donors (Lipinski definition) is 0. The van der Waals surface area contributed by atoms with E-state index in [4.69, 9.17) is 15.0 Å². The Labute approximate surface area is 361 Å². The first kappa shape index (κ1) is 35.7. The summed E-state index contributed by atoms with van der Waals surface area (Å²) < 4.78 is 0. The summed E-state index contributed by atoms with van der Waals surface area (Å²) in [5.74, 6) is 1.89. The van der Waals surface area contributed by atoms with Crippen LogP contribution in [0.4, 0.5) is 17.1 Å². The van der Waals surface area contributed by atoms with Gasteiger partial charge < -0.3 is 4.90 Å². The van der Waals surface area contributed by atoms with Crippen LogP contribution < -0.4 is 4.90 Å². The van der Waals surface area contributed by atoms with E-state index in [1.807, 2.05) is 12.1 Å². The maximum atomic E-state index is 5.36. The molecule has 2 aliphatic rings. The highest BCUT2D eigenvalue weighted by molar-refractivity contribution is 5.99. The molecule has 1 spiro atoms. The minimum absolute atomic E-state index is 0.598. The molecular formula is C58H38N4. The fraction of sp³-hybridized carbons (Fsp3) is 0.0172. The third kappa shape index (κ3) is 5.58. The molecule has 12 rings (SSSR count). The topological polar surface area (TPSA) is 41.9 Å². The molecule has 0 amide bonds. The largest absolute Gasteiger partial charge is 0.310 e. The summed E-state index contributed by atoms with van der Waals surface area (Å²) in [6.45, 7) is 0. The molecule has 4 heteroatoms. The SMILES string of the molecule is c1ccc(-c2ccc(-c3nc(-c4ccc(-c5ccccc5)cc4)nc(-c4cccc5c4-c4ccccc4C54c5ccccc5N(c5ccccc5)c5ccccc54)n3)cc2)cc1. The van der Waals surface area contributed by atoms with E-state index in [1.165, 1.54) is 38.9 Å². The van der Waals surface area contributed by atoms with Gasteiger partial charge in [-0.3, -0.25) is 0 Å². The Kier molecular flexibility index (Phi) is 8.36. The zero-order chi connectivity index (χ0) is 41.0. The summed E-state index contributed by atoms with van der Waals surface area (Å²) in [5.41, 5.74) is 17.5. The van der Waals surface area contributed by atoms with E-state index in [-0.39, 0.29) is 0 Å². The van der Waals surface area contributed by atoms with Gasteiger partial charge in [0, 0.05) is 22.4 Å². The molecule has 0 atom stereocenters. The van der Waals surface area contributed by atoms with Gasteiger partial charge in [0.1, 0.15) is 0 Å². The van der Waals surface area contributed by atoms with Crippen molar-refractivity contribution in [3.05, 3.63) is 253 Å². The van der Waals surface area contributed by atoms with Crippen molar-refractivity contribution in [3.63, 3.8) is 0 Å². The van der Waals surface area contributed by atoms with E-state index < -0.39 is 5.41 Å². The van der Waals surface area contributed by atoms with Crippen molar-refractivity contribution in [2.75, 3.05) is 4.90 Å². The predicted octanol–water partition coefficient (Wildman–Crippen LogP) is 14.4. The van der Waals surface area contributed by atoms with Gasteiger partial charge in [0.2, 0.25) is 0 Å². The van der Waals surface area contributed by atoms with Gasteiger partial charge in [0.25, 0.3) is 0 Å². The van der Waals surface area contributed by atoms with Gasteiger partial charge in [-0.2, -0.15) is 0 Å². The van der Waals surface area contributed by atoms with Gasteiger partial charge in [-0.1, -0.05) is 206 Å². The Morgan fingerprint density at radius 3 is 1.21 bits per heavy atom. The van der Waals surface area contributed by atoms with Gasteiger partial charge in [0.15, 0.2) is 17.5 Å². The molecule has 0 fully saturated rings. The van der Waals surface area contributed by atoms with Crippen molar-refractivity contribution in [1.29, 1.82) is 0 Å². The molecule has 0 saturated carbocycles. The molecule has 1 aliphatic carbocycles. The molecule has 0 N–H and O–H groups in total. The number of anilines is 3. The summed E-state index contributed by atoms with van der Waals surface area (Å²) in [5, 5.41) is 0. The Bertz CT molecular complexity index is 3120. The first-order chi connectivity index (χ1) is 30.8. The lowest BCUT2D eigenvalue weighted by atomic mass is 9.64. The lowest BCUT2D eigenvalue weighted by Crippen LogP contribution is -2.36. The number of hydrogen-bond acceptors (Lipinski definition) is 4. The van der Waals surface area contributed by atoms with Crippen LogP contribution in [0.25, 0.3) is 67.5 Å². The Morgan fingerprint density at radius 2 is 0.661 bits per heavy atom. The molecule has 2 heterocycles. The summed E-state index contributed by atoms with van der Waals surface area (Å²) in [4.78, 5) is 18.3. The smallest absolute Gasteiger partial charge is 0.164 e. The zero-order valence-corrected chi connectivity index (χ0v) is 33.7. The molecule has 290 valence electrons. The van der Waals surface area contributed by atoms with Crippen molar-refractivity contribution in [2.45, 2.75) is 5.41 Å². The minimum atomic E-state index is -0.598. The lowest BCUT2D eigenvalue weighted by Gasteiger charge is -2.45. The molecule has 1 aliphatic heterocycles. The van der Waals surface area contributed by atoms with Crippen LogP contribution in [0.1, 0.15) is 22.3 Å². The van der Waals surface area contributed by atoms with E-state index in [1.54, 1.807) is 0 Å². The standard InChI is InChI=1S/C58H38N4/c1-4-17-39(18-5-1)41-31-35-43(36-32-41)55-59-56(44-37-33-42(34-38-44)40-19-6-2-7-20-40)61-57(60-55)47-24-16-28-51-54(47)46-23-10-11-25-48(46)58(51)49-26-12-14-29-52(49)62(45-21-8-3-9-22-45)53-30-15-13-27-50(53)58/h1-38H. The molecule has 62 heavy (non-hydrogen) atoms. The summed E-state index contributed by atoms with van der Waals surface area (Å²) in [7, 11) is 0. The van der Waals surface area contributed by atoms with Crippen LogP contribution in [-0.4, -0.2) is 15.0 Å². The monoisotopic (exact) mass is 790 g/mol. The molecule has 1 aromatic heterocycles. The van der Waals surface area contributed by atoms with Crippen molar-refractivity contribution in [3.8, 4) is 67.5 Å². The normalized spacial score (nSPS) is 12.9. The van der Waals surface area contributed by atoms with Crippen LogP contribution in [0.2, 0.25) is 0 Å². The van der Waals surface area contributed by atoms with E-state index in [0.717, 1.165) is 50.4 Å².